The quantitative estimate of drug-likeness (QED) is 0.422. The van der Waals surface area contributed by atoms with Gasteiger partial charge in [0.05, 0.1) is 18.4 Å². The Morgan fingerprint density at radius 2 is 1.75 bits per heavy atom. The number of amides is 1. The molecule has 0 atom stereocenters. The zero-order valence-electron chi connectivity index (χ0n) is 15.7. The van der Waals surface area contributed by atoms with Crippen molar-refractivity contribution in [3.8, 4) is 5.75 Å². The Bertz CT molecular complexity index is 786. The molecule has 0 aliphatic carbocycles. The van der Waals surface area contributed by atoms with Crippen LogP contribution in [0.15, 0.2) is 53.6 Å². The van der Waals surface area contributed by atoms with E-state index < -0.39 is 17.6 Å². The highest BCUT2D eigenvalue weighted by atomic mass is 19.4. The SMILES string of the molecule is CN(C)CCCOc1ccc(/C=N/NC(=O)c2ccc(C(F)(F)F)cc2)cc1. The van der Waals surface area contributed by atoms with Crippen molar-refractivity contribution in [2.45, 2.75) is 12.6 Å². The maximum atomic E-state index is 12.5. The summed E-state index contributed by atoms with van der Waals surface area (Å²) in [6.07, 6.45) is -2.07. The van der Waals surface area contributed by atoms with E-state index in [-0.39, 0.29) is 5.56 Å². The normalized spacial score (nSPS) is 11.8. The number of carbonyl (C=O) groups excluding carboxylic acids is 1. The topological polar surface area (TPSA) is 53.9 Å². The van der Waals surface area contributed by atoms with Crippen molar-refractivity contribution >= 4 is 12.1 Å². The average molecular weight is 393 g/mol. The van der Waals surface area contributed by atoms with Crippen LogP contribution in [-0.4, -0.2) is 44.3 Å². The lowest BCUT2D eigenvalue weighted by Crippen LogP contribution is -2.18. The second-order valence-electron chi connectivity index (χ2n) is 6.35. The van der Waals surface area contributed by atoms with Crippen LogP contribution in [0.1, 0.15) is 27.9 Å². The predicted octanol–water partition coefficient (Wildman–Crippen LogP) is 3.80. The minimum atomic E-state index is -4.44. The fraction of sp³-hybridized carbons (Fsp3) is 0.300. The zero-order valence-corrected chi connectivity index (χ0v) is 15.7. The van der Waals surface area contributed by atoms with Crippen LogP contribution in [0.4, 0.5) is 13.2 Å². The van der Waals surface area contributed by atoms with Gasteiger partial charge in [0.2, 0.25) is 0 Å². The van der Waals surface area contributed by atoms with Crippen molar-refractivity contribution in [1.82, 2.24) is 10.3 Å². The highest BCUT2D eigenvalue weighted by molar-refractivity contribution is 5.94. The molecule has 0 spiro atoms. The number of hydrogen-bond donors (Lipinski definition) is 1. The number of carbonyl (C=O) groups is 1. The van der Waals surface area contributed by atoms with Gasteiger partial charge >= 0.3 is 6.18 Å². The Morgan fingerprint density at radius 3 is 2.32 bits per heavy atom. The third-order valence-electron chi connectivity index (χ3n) is 3.75. The molecular weight excluding hydrogens is 371 g/mol. The molecule has 0 saturated carbocycles. The molecule has 0 heterocycles. The van der Waals surface area contributed by atoms with Gasteiger partial charge in [-0.25, -0.2) is 5.43 Å². The van der Waals surface area contributed by atoms with E-state index >= 15 is 0 Å². The van der Waals surface area contributed by atoms with E-state index in [2.05, 4.69) is 15.4 Å². The lowest BCUT2D eigenvalue weighted by atomic mass is 10.1. The fourth-order valence-corrected chi connectivity index (χ4v) is 2.26. The molecule has 28 heavy (non-hydrogen) atoms. The van der Waals surface area contributed by atoms with Crippen molar-refractivity contribution in [2.24, 2.45) is 5.10 Å². The van der Waals surface area contributed by atoms with Crippen LogP contribution in [-0.2, 0) is 6.18 Å². The lowest BCUT2D eigenvalue weighted by molar-refractivity contribution is -0.137. The van der Waals surface area contributed by atoms with Crippen LogP contribution in [0.2, 0.25) is 0 Å². The van der Waals surface area contributed by atoms with Gasteiger partial charge in [-0.05, 0) is 74.6 Å². The molecule has 0 unspecified atom stereocenters. The van der Waals surface area contributed by atoms with E-state index in [0.717, 1.165) is 48.5 Å². The summed E-state index contributed by atoms with van der Waals surface area (Å²) in [5, 5.41) is 3.82. The van der Waals surface area contributed by atoms with Gasteiger partial charge < -0.3 is 9.64 Å². The standard InChI is InChI=1S/C20H22F3N3O2/c1-26(2)12-3-13-28-18-10-4-15(5-11-18)14-24-25-19(27)16-6-8-17(9-7-16)20(21,22)23/h4-11,14H,3,12-13H2,1-2H3,(H,25,27)/b24-14+. The highest BCUT2D eigenvalue weighted by Crippen LogP contribution is 2.29. The Kier molecular flexibility index (Phi) is 7.57. The first-order valence-corrected chi connectivity index (χ1v) is 8.64. The fourth-order valence-electron chi connectivity index (χ4n) is 2.26. The van der Waals surface area contributed by atoms with Gasteiger partial charge in [0.15, 0.2) is 0 Å². The van der Waals surface area contributed by atoms with Crippen molar-refractivity contribution in [3.63, 3.8) is 0 Å². The summed E-state index contributed by atoms with van der Waals surface area (Å²) in [5.41, 5.74) is 2.31. The minimum absolute atomic E-state index is 0.0895. The molecule has 150 valence electrons. The number of hydrogen-bond acceptors (Lipinski definition) is 4. The molecule has 1 amide bonds. The highest BCUT2D eigenvalue weighted by Gasteiger charge is 2.30. The van der Waals surface area contributed by atoms with Crippen molar-refractivity contribution in [1.29, 1.82) is 0 Å². The largest absolute Gasteiger partial charge is 0.494 e. The molecule has 0 aromatic heterocycles. The Hall–Kier alpha value is -2.87. The molecule has 2 aromatic carbocycles. The van der Waals surface area contributed by atoms with Gasteiger partial charge in [-0.1, -0.05) is 0 Å². The smallest absolute Gasteiger partial charge is 0.416 e. The maximum Gasteiger partial charge on any atom is 0.416 e. The van der Waals surface area contributed by atoms with Crippen molar-refractivity contribution in [3.05, 3.63) is 65.2 Å². The molecule has 0 aliphatic heterocycles. The van der Waals surface area contributed by atoms with E-state index in [9.17, 15) is 18.0 Å². The first kappa shape index (κ1) is 21.4. The molecule has 8 heteroatoms. The van der Waals surface area contributed by atoms with Gasteiger partial charge in [-0.2, -0.15) is 18.3 Å². The number of benzene rings is 2. The Labute approximate surface area is 161 Å². The third-order valence-corrected chi connectivity index (χ3v) is 3.75. The van der Waals surface area contributed by atoms with Crippen molar-refractivity contribution < 1.29 is 22.7 Å². The summed E-state index contributed by atoms with van der Waals surface area (Å²) in [6.45, 7) is 1.57. The monoisotopic (exact) mass is 393 g/mol. The molecule has 2 rings (SSSR count). The number of nitrogens with one attached hydrogen (secondary N) is 1. The molecule has 0 fully saturated rings. The molecule has 0 radical (unpaired) electrons. The number of nitrogens with zero attached hydrogens (tertiary/aromatic N) is 2. The summed E-state index contributed by atoms with van der Waals surface area (Å²) in [4.78, 5) is 14.0. The molecule has 0 saturated heterocycles. The first-order valence-electron chi connectivity index (χ1n) is 8.64. The number of rotatable bonds is 8. The first-order chi connectivity index (χ1) is 13.3. The zero-order chi connectivity index (χ0) is 20.6. The van der Waals surface area contributed by atoms with Gasteiger partial charge in [0.1, 0.15) is 5.75 Å². The lowest BCUT2D eigenvalue weighted by Gasteiger charge is -2.10. The van der Waals surface area contributed by atoms with E-state index in [1.807, 2.05) is 14.1 Å². The van der Waals surface area contributed by atoms with Crippen LogP contribution in [0.25, 0.3) is 0 Å². The van der Waals surface area contributed by atoms with Gasteiger partial charge in [0.25, 0.3) is 5.91 Å². The second kappa shape index (κ2) is 9.89. The molecule has 0 aliphatic rings. The Balaban J connectivity index is 1.82. The van der Waals surface area contributed by atoms with E-state index in [1.54, 1.807) is 24.3 Å². The van der Waals surface area contributed by atoms with Crippen LogP contribution in [0, 0.1) is 0 Å². The van der Waals surface area contributed by atoms with Gasteiger partial charge in [0, 0.05) is 12.1 Å². The van der Waals surface area contributed by atoms with Crippen LogP contribution < -0.4 is 10.2 Å². The molecule has 1 N–H and O–H groups in total. The number of alkyl halides is 3. The van der Waals surface area contributed by atoms with Crippen molar-refractivity contribution in [2.75, 3.05) is 27.2 Å². The van der Waals surface area contributed by atoms with E-state index in [1.165, 1.54) is 6.21 Å². The van der Waals surface area contributed by atoms with Crippen LogP contribution >= 0.6 is 0 Å². The number of halogens is 3. The number of ether oxygens (including phenoxy) is 1. The summed E-state index contributed by atoms with van der Waals surface area (Å²) in [5.74, 6) is 0.149. The average Bonchev–Trinajstić information content (AvgIpc) is 2.65. The van der Waals surface area contributed by atoms with Crippen LogP contribution in [0.5, 0.6) is 5.75 Å². The van der Waals surface area contributed by atoms with Crippen LogP contribution in [0.3, 0.4) is 0 Å². The summed E-state index contributed by atoms with van der Waals surface area (Å²) >= 11 is 0. The summed E-state index contributed by atoms with van der Waals surface area (Å²) in [7, 11) is 4.01. The Morgan fingerprint density at radius 1 is 1.11 bits per heavy atom. The predicted molar refractivity (Wildman–Crippen MR) is 102 cm³/mol. The molecular formula is C20H22F3N3O2. The maximum absolute atomic E-state index is 12.5. The number of hydrazone groups is 1. The summed E-state index contributed by atoms with van der Waals surface area (Å²) in [6, 6.07) is 11.1. The van der Waals surface area contributed by atoms with E-state index in [4.69, 9.17) is 4.74 Å². The van der Waals surface area contributed by atoms with Gasteiger partial charge in [-0.15, -0.1) is 0 Å². The van der Waals surface area contributed by atoms with Gasteiger partial charge in [-0.3, -0.25) is 4.79 Å². The molecule has 2 aromatic rings. The van der Waals surface area contributed by atoms with E-state index in [0.29, 0.717) is 6.61 Å². The summed E-state index contributed by atoms with van der Waals surface area (Å²) < 4.78 is 43.2. The molecule has 0 bridgehead atoms. The second-order valence-corrected chi connectivity index (χ2v) is 6.35. The third kappa shape index (κ3) is 7.03. The molecule has 5 nitrogen and oxygen atoms in total. The minimum Gasteiger partial charge on any atom is -0.494 e.